The lowest BCUT2D eigenvalue weighted by atomic mass is 10.2. The number of rotatable bonds is 11. The highest BCUT2D eigenvalue weighted by molar-refractivity contribution is 5.93. The summed E-state index contributed by atoms with van der Waals surface area (Å²) >= 11 is 0. The molecule has 1 aromatic heterocycles. The van der Waals surface area contributed by atoms with Gasteiger partial charge >= 0.3 is 0 Å². The molecule has 2 aromatic rings. The van der Waals surface area contributed by atoms with Crippen molar-refractivity contribution >= 4 is 11.6 Å². The number of anilines is 1. The number of nitrogens with zero attached hydrogens (tertiary/aromatic N) is 3. The largest absolute Gasteiger partial charge is 0.493 e. The van der Waals surface area contributed by atoms with Crippen molar-refractivity contribution < 1.29 is 9.47 Å². The number of aliphatic imine (C=N–C) groups is 1. The molecule has 0 fully saturated rings. The number of guanidine groups is 1. The Hall–Kier alpha value is -2.54. The molecule has 1 atom stereocenters. The summed E-state index contributed by atoms with van der Waals surface area (Å²) in [7, 11) is 1.70. The fraction of sp³-hybridized carbons (Fsp3) is 0.545. The van der Waals surface area contributed by atoms with Crippen molar-refractivity contribution in [3.63, 3.8) is 0 Å². The molecule has 0 saturated carbocycles. The van der Waals surface area contributed by atoms with E-state index in [1.165, 1.54) is 5.69 Å². The van der Waals surface area contributed by atoms with Crippen molar-refractivity contribution in [3.05, 3.63) is 41.7 Å². The lowest BCUT2D eigenvalue weighted by Crippen LogP contribution is -2.31. The van der Waals surface area contributed by atoms with Crippen LogP contribution in [0.15, 0.2) is 35.3 Å². The highest BCUT2D eigenvalue weighted by Gasteiger charge is 2.08. The number of hydrogen-bond acceptors (Lipinski definition) is 4. The van der Waals surface area contributed by atoms with Crippen LogP contribution >= 0.6 is 0 Å². The molecule has 0 amide bonds. The van der Waals surface area contributed by atoms with Crippen LogP contribution in [-0.2, 0) is 11.3 Å². The van der Waals surface area contributed by atoms with Crippen LogP contribution in [0, 0.1) is 19.8 Å². The molecule has 0 aliphatic rings. The van der Waals surface area contributed by atoms with Gasteiger partial charge in [-0.15, -0.1) is 0 Å². The zero-order valence-corrected chi connectivity index (χ0v) is 18.4. The summed E-state index contributed by atoms with van der Waals surface area (Å²) in [5, 5.41) is 11.2. The van der Waals surface area contributed by atoms with Crippen LogP contribution in [0.1, 0.15) is 31.7 Å². The topological polar surface area (TPSA) is 72.7 Å². The van der Waals surface area contributed by atoms with Crippen LogP contribution in [0.3, 0.4) is 0 Å². The Morgan fingerprint density at radius 1 is 1.24 bits per heavy atom. The van der Waals surface area contributed by atoms with Gasteiger partial charge in [0.1, 0.15) is 5.75 Å². The summed E-state index contributed by atoms with van der Waals surface area (Å²) in [4.78, 5) is 4.75. The molecule has 0 bridgehead atoms. The van der Waals surface area contributed by atoms with Crippen LogP contribution in [0.4, 0.5) is 5.69 Å². The Morgan fingerprint density at radius 3 is 2.76 bits per heavy atom. The first-order valence-corrected chi connectivity index (χ1v) is 10.3. The fourth-order valence-corrected chi connectivity index (χ4v) is 2.96. The van der Waals surface area contributed by atoms with Crippen molar-refractivity contribution in [2.45, 2.75) is 40.7 Å². The van der Waals surface area contributed by atoms with Crippen LogP contribution < -0.4 is 15.4 Å². The van der Waals surface area contributed by atoms with Gasteiger partial charge in [0, 0.05) is 57.2 Å². The molecule has 0 aliphatic carbocycles. The quantitative estimate of drug-likeness (QED) is 0.342. The second kappa shape index (κ2) is 12.1. The van der Waals surface area contributed by atoms with E-state index in [0.29, 0.717) is 25.7 Å². The van der Waals surface area contributed by atoms with Crippen LogP contribution in [0.25, 0.3) is 0 Å². The molecule has 0 aliphatic heterocycles. The maximum Gasteiger partial charge on any atom is 0.195 e. The third-order valence-electron chi connectivity index (χ3n) is 4.35. The molecule has 29 heavy (non-hydrogen) atoms. The first-order valence-electron chi connectivity index (χ1n) is 10.3. The molecule has 1 unspecified atom stereocenters. The normalized spacial score (nSPS) is 12.7. The van der Waals surface area contributed by atoms with Gasteiger partial charge in [-0.3, -0.25) is 9.67 Å². The Bertz CT molecular complexity index is 772. The minimum atomic E-state index is 0.374. The molecule has 7 heteroatoms. The van der Waals surface area contributed by atoms with E-state index in [1.807, 2.05) is 31.2 Å². The molecule has 2 rings (SSSR count). The average Bonchev–Trinajstić information content (AvgIpc) is 3.00. The van der Waals surface area contributed by atoms with Gasteiger partial charge in [0.05, 0.1) is 12.3 Å². The Kier molecular flexibility index (Phi) is 9.50. The van der Waals surface area contributed by atoms with Crippen molar-refractivity contribution in [3.8, 4) is 5.75 Å². The Morgan fingerprint density at radius 2 is 2.07 bits per heavy atom. The number of nitrogens with one attached hydrogen (secondary N) is 2. The average molecular weight is 402 g/mol. The van der Waals surface area contributed by atoms with E-state index in [0.717, 1.165) is 42.6 Å². The summed E-state index contributed by atoms with van der Waals surface area (Å²) in [5.74, 6) is 1.98. The summed E-state index contributed by atoms with van der Waals surface area (Å²) in [5.41, 5.74) is 3.18. The maximum absolute atomic E-state index is 5.78. The molecule has 0 saturated heterocycles. The first kappa shape index (κ1) is 22.7. The number of methoxy groups -OCH3 is 1. The summed E-state index contributed by atoms with van der Waals surface area (Å²) < 4.78 is 12.9. The Balaban J connectivity index is 1.93. The summed E-state index contributed by atoms with van der Waals surface area (Å²) in [6, 6.07) is 10.0. The molecule has 1 aromatic carbocycles. The standard InChI is InChI=1S/C22H35N5O2/c1-6-23-22(24-15-17(2)16-27-19(4)13-18(3)26-27)25-20-9-7-10-21(14-20)29-12-8-11-28-5/h7,9-10,13-14,17H,6,8,11-12,15-16H2,1-5H3,(H2,23,24,25). The monoisotopic (exact) mass is 401 g/mol. The minimum absolute atomic E-state index is 0.374. The molecule has 160 valence electrons. The van der Waals surface area contributed by atoms with E-state index < -0.39 is 0 Å². The lowest BCUT2D eigenvalue weighted by Gasteiger charge is -2.15. The molecule has 0 spiro atoms. The van der Waals surface area contributed by atoms with Gasteiger partial charge in [-0.2, -0.15) is 5.10 Å². The number of aryl methyl sites for hydroxylation is 2. The van der Waals surface area contributed by atoms with Gasteiger partial charge in [-0.25, -0.2) is 0 Å². The predicted molar refractivity (Wildman–Crippen MR) is 119 cm³/mol. The number of aromatic nitrogens is 2. The van der Waals surface area contributed by atoms with E-state index >= 15 is 0 Å². The van der Waals surface area contributed by atoms with Crippen molar-refractivity contribution in [1.29, 1.82) is 0 Å². The zero-order valence-electron chi connectivity index (χ0n) is 18.4. The van der Waals surface area contributed by atoms with Crippen molar-refractivity contribution in [2.24, 2.45) is 10.9 Å². The number of benzene rings is 1. The number of ether oxygens (including phenoxy) is 2. The predicted octanol–water partition coefficient (Wildman–Crippen LogP) is 3.63. The highest BCUT2D eigenvalue weighted by Crippen LogP contribution is 2.17. The van der Waals surface area contributed by atoms with Crippen molar-refractivity contribution in [2.75, 3.05) is 38.7 Å². The summed E-state index contributed by atoms with van der Waals surface area (Å²) in [6.07, 6.45) is 0.866. The van der Waals surface area contributed by atoms with Gasteiger partial charge in [0.25, 0.3) is 0 Å². The SMILES string of the molecule is CCNC(=NCC(C)Cn1nc(C)cc1C)Nc1cccc(OCCCOC)c1. The van der Waals surface area contributed by atoms with E-state index in [2.05, 4.69) is 47.3 Å². The molecule has 1 heterocycles. The van der Waals surface area contributed by atoms with Gasteiger partial charge in [0.15, 0.2) is 5.96 Å². The third kappa shape index (κ3) is 8.15. The van der Waals surface area contributed by atoms with E-state index in [4.69, 9.17) is 14.5 Å². The van der Waals surface area contributed by atoms with E-state index in [-0.39, 0.29) is 0 Å². The second-order valence-electron chi connectivity index (χ2n) is 7.28. The van der Waals surface area contributed by atoms with E-state index in [1.54, 1.807) is 7.11 Å². The molecule has 2 N–H and O–H groups in total. The molecular weight excluding hydrogens is 366 g/mol. The molecular formula is C22H35N5O2. The number of hydrogen-bond donors (Lipinski definition) is 2. The zero-order chi connectivity index (χ0) is 21.1. The second-order valence-corrected chi connectivity index (χ2v) is 7.28. The fourth-order valence-electron chi connectivity index (χ4n) is 2.96. The minimum Gasteiger partial charge on any atom is -0.493 e. The molecule has 0 radical (unpaired) electrons. The van der Waals surface area contributed by atoms with Gasteiger partial charge in [-0.05, 0) is 44.9 Å². The maximum atomic E-state index is 5.78. The van der Waals surface area contributed by atoms with E-state index in [9.17, 15) is 0 Å². The molecule has 7 nitrogen and oxygen atoms in total. The summed E-state index contributed by atoms with van der Waals surface area (Å²) in [6.45, 7) is 12.1. The van der Waals surface area contributed by atoms with Crippen LogP contribution in [-0.4, -0.2) is 49.2 Å². The van der Waals surface area contributed by atoms with Crippen LogP contribution in [0.5, 0.6) is 5.75 Å². The first-order chi connectivity index (χ1) is 14.0. The van der Waals surface area contributed by atoms with Crippen LogP contribution in [0.2, 0.25) is 0 Å². The lowest BCUT2D eigenvalue weighted by molar-refractivity contribution is 0.172. The van der Waals surface area contributed by atoms with Crippen molar-refractivity contribution in [1.82, 2.24) is 15.1 Å². The van der Waals surface area contributed by atoms with Gasteiger partial charge in [0.2, 0.25) is 0 Å². The van der Waals surface area contributed by atoms with Gasteiger partial charge in [-0.1, -0.05) is 13.0 Å². The van der Waals surface area contributed by atoms with Gasteiger partial charge < -0.3 is 20.1 Å². The highest BCUT2D eigenvalue weighted by atomic mass is 16.5. The smallest absolute Gasteiger partial charge is 0.195 e. The Labute approximate surface area is 174 Å². The third-order valence-corrected chi connectivity index (χ3v) is 4.35.